The molecule has 0 atom stereocenters. The molecule has 1 fully saturated rings. The van der Waals surface area contributed by atoms with Gasteiger partial charge >= 0.3 is 0 Å². The number of carbonyl (C=O) groups is 1. The second-order valence-electron chi connectivity index (χ2n) is 9.20. The zero-order valence-corrected chi connectivity index (χ0v) is 19.9. The number of nitrogens with one attached hydrogen (secondary N) is 1. The fraction of sp³-hybridized carbons (Fsp3) is 0.464. The van der Waals surface area contributed by atoms with Gasteiger partial charge in [-0.05, 0) is 99.0 Å². The van der Waals surface area contributed by atoms with Crippen LogP contribution in [0.1, 0.15) is 68.2 Å². The summed E-state index contributed by atoms with van der Waals surface area (Å²) in [7, 11) is 0. The van der Waals surface area contributed by atoms with Crippen molar-refractivity contribution in [3.05, 3.63) is 70.8 Å². The highest BCUT2D eigenvalue weighted by molar-refractivity contribution is 5.92. The zero-order valence-electron chi connectivity index (χ0n) is 19.9. The SMILES string of the molecule is C/C=C(/CCN1CCC(c2cccc(NC(=O)C(C)C)c2)CC1)c1cccc(C)c1C. The number of rotatable bonds is 7. The van der Waals surface area contributed by atoms with Gasteiger partial charge in [0.05, 0.1) is 0 Å². The van der Waals surface area contributed by atoms with Crippen molar-refractivity contribution in [2.75, 3.05) is 25.0 Å². The van der Waals surface area contributed by atoms with Crippen LogP contribution in [0, 0.1) is 19.8 Å². The molecule has 0 unspecified atom stereocenters. The molecule has 3 nitrogen and oxygen atoms in total. The molecule has 1 heterocycles. The molecule has 0 bridgehead atoms. The van der Waals surface area contributed by atoms with Gasteiger partial charge in [0.25, 0.3) is 0 Å². The number of anilines is 1. The molecule has 1 amide bonds. The number of allylic oxidation sites excluding steroid dienone is 1. The first-order valence-electron chi connectivity index (χ1n) is 11.7. The molecular weight excluding hydrogens is 380 g/mol. The molecule has 1 aliphatic rings. The predicted molar refractivity (Wildman–Crippen MR) is 133 cm³/mol. The van der Waals surface area contributed by atoms with Gasteiger partial charge in [-0.25, -0.2) is 0 Å². The number of hydrogen-bond acceptors (Lipinski definition) is 2. The smallest absolute Gasteiger partial charge is 0.226 e. The molecule has 3 rings (SSSR count). The summed E-state index contributed by atoms with van der Waals surface area (Å²) < 4.78 is 0. The Bertz CT molecular complexity index is 920. The van der Waals surface area contributed by atoms with Gasteiger partial charge in [0, 0.05) is 18.2 Å². The molecule has 2 aromatic carbocycles. The van der Waals surface area contributed by atoms with Crippen LogP contribution in [0.2, 0.25) is 0 Å². The van der Waals surface area contributed by atoms with E-state index in [1.54, 1.807) is 0 Å². The molecule has 3 heteroatoms. The second kappa shape index (κ2) is 10.8. The summed E-state index contributed by atoms with van der Waals surface area (Å²) in [6.07, 6.45) is 5.74. The number of hydrogen-bond donors (Lipinski definition) is 1. The summed E-state index contributed by atoms with van der Waals surface area (Å²) in [5, 5.41) is 3.04. The second-order valence-corrected chi connectivity index (χ2v) is 9.20. The van der Waals surface area contributed by atoms with Crippen molar-refractivity contribution in [1.82, 2.24) is 4.90 Å². The van der Waals surface area contributed by atoms with E-state index in [1.165, 1.54) is 40.7 Å². The summed E-state index contributed by atoms with van der Waals surface area (Å²) in [4.78, 5) is 14.6. The molecular formula is C28H38N2O. The summed E-state index contributed by atoms with van der Waals surface area (Å²) in [6, 6.07) is 15.1. The molecule has 31 heavy (non-hydrogen) atoms. The number of nitrogens with zero attached hydrogens (tertiary/aromatic N) is 1. The van der Waals surface area contributed by atoms with E-state index in [0.717, 1.165) is 31.7 Å². The Morgan fingerprint density at radius 3 is 2.52 bits per heavy atom. The van der Waals surface area contributed by atoms with E-state index < -0.39 is 0 Å². The summed E-state index contributed by atoms with van der Waals surface area (Å²) in [6.45, 7) is 13.8. The molecule has 0 spiro atoms. The summed E-state index contributed by atoms with van der Waals surface area (Å²) >= 11 is 0. The summed E-state index contributed by atoms with van der Waals surface area (Å²) in [5.41, 5.74) is 7.90. The average Bonchev–Trinajstić information content (AvgIpc) is 2.77. The van der Waals surface area contributed by atoms with Gasteiger partial charge in [-0.15, -0.1) is 0 Å². The number of carbonyl (C=O) groups excluding carboxylic acids is 1. The molecule has 1 aliphatic heterocycles. The van der Waals surface area contributed by atoms with Crippen LogP contribution in [0.25, 0.3) is 5.57 Å². The molecule has 0 aromatic heterocycles. The number of piperidine rings is 1. The highest BCUT2D eigenvalue weighted by atomic mass is 16.1. The molecule has 0 saturated carbocycles. The lowest BCUT2D eigenvalue weighted by atomic mass is 9.88. The van der Waals surface area contributed by atoms with Crippen LogP contribution < -0.4 is 5.32 Å². The number of likely N-dealkylation sites (tertiary alicyclic amines) is 1. The third-order valence-corrected chi connectivity index (χ3v) is 6.73. The molecule has 2 aromatic rings. The first-order valence-corrected chi connectivity index (χ1v) is 11.7. The normalized spacial score (nSPS) is 16.0. The molecule has 1 saturated heterocycles. The Balaban J connectivity index is 1.54. The lowest BCUT2D eigenvalue weighted by Crippen LogP contribution is -2.33. The minimum absolute atomic E-state index is 0.00227. The van der Waals surface area contributed by atoms with Gasteiger partial charge in [0.2, 0.25) is 5.91 Å². The van der Waals surface area contributed by atoms with Crippen LogP contribution in [0.3, 0.4) is 0 Å². The maximum atomic E-state index is 12.0. The Kier molecular flexibility index (Phi) is 8.09. The third-order valence-electron chi connectivity index (χ3n) is 6.73. The van der Waals surface area contributed by atoms with Gasteiger partial charge in [-0.2, -0.15) is 0 Å². The van der Waals surface area contributed by atoms with E-state index in [4.69, 9.17) is 0 Å². The Hall–Kier alpha value is -2.39. The van der Waals surface area contributed by atoms with Crippen LogP contribution in [-0.2, 0) is 4.79 Å². The fourth-order valence-electron chi connectivity index (χ4n) is 4.46. The van der Waals surface area contributed by atoms with Crippen molar-refractivity contribution in [3.63, 3.8) is 0 Å². The highest BCUT2D eigenvalue weighted by Crippen LogP contribution is 2.31. The molecule has 0 radical (unpaired) electrons. The molecule has 1 N–H and O–H groups in total. The molecule has 0 aliphatic carbocycles. The van der Waals surface area contributed by atoms with E-state index in [-0.39, 0.29) is 11.8 Å². The van der Waals surface area contributed by atoms with E-state index in [0.29, 0.717) is 5.92 Å². The van der Waals surface area contributed by atoms with Crippen molar-refractivity contribution in [3.8, 4) is 0 Å². The van der Waals surface area contributed by atoms with Crippen molar-refractivity contribution < 1.29 is 4.79 Å². The van der Waals surface area contributed by atoms with Crippen LogP contribution in [-0.4, -0.2) is 30.4 Å². The monoisotopic (exact) mass is 418 g/mol. The van der Waals surface area contributed by atoms with Gasteiger partial charge in [-0.3, -0.25) is 4.79 Å². The average molecular weight is 419 g/mol. The van der Waals surface area contributed by atoms with Crippen LogP contribution >= 0.6 is 0 Å². The van der Waals surface area contributed by atoms with Crippen LogP contribution in [0.4, 0.5) is 5.69 Å². The van der Waals surface area contributed by atoms with Crippen molar-refractivity contribution >= 4 is 17.2 Å². The maximum Gasteiger partial charge on any atom is 0.226 e. The number of amides is 1. The topological polar surface area (TPSA) is 32.3 Å². The molecule has 166 valence electrons. The van der Waals surface area contributed by atoms with Gasteiger partial charge < -0.3 is 10.2 Å². The Morgan fingerprint density at radius 2 is 1.84 bits per heavy atom. The maximum absolute atomic E-state index is 12.0. The van der Waals surface area contributed by atoms with E-state index in [2.05, 4.69) is 73.5 Å². The Morgan fingerprint density at radius 1 is 1.13 bits per heavy atom. The van der Waals surface area contributed by atoms with Crippen LogP contribution in [0.5, 0.6) is 0 Å². The number of aryl methyl sites for hydroxylation is 1. The quantitative estimate of drug-likeness (QED) is 0.551. The van der Waals surface area contributed by atoms with Crippen LogP contribution in [0.15, 0.2) is 48.5 Å². The largest absolute Gasteiger partial charge is 0.326 e. The predicted octanol–water partition coefficient (Wildman–Crippen LogP) is 6.57. The minimum Gasteiger partial charge on any atom is -0.326 e. The number of benzene rings is 2. The fourth-order valence-corrected chi connectivity index (χ4v) is 4.46. The van der Waals surface area contributed by atoms with Gasteiger partial charge in [0.1, 0.15) is 0 Å². The van der Waals surface area contributed by atoms with E-state index in [1.807, 2.05) is 19.9 Å². The van der Waals surface area contributed by atoms with Crippen molar-refractivity contribution in [2.24, 2.45) is 5.92 Å². The third kappa shape index (κ3) is 6.07. The van der Waals surface area contributed by atoms with E-state index in [9.17, 15) is 4.79 Å². The van der Waals surface area contributed by atoms with Crippen molar-refractivity contribution in [1.29, 1.82) is 0 Å². The first kappa shape index (κ1) is 23.3. The lowest BCUT2D eigenvalue weighted by molar-refractivity contribution is -0.118. The highest BCUT2D eigenvalue weighted by Gasteiger charge is 2.21. The van der Waals surface area contributed by atoms with Gasteiger partial charge in [0.15, 0.2) is 0 Å². The van der Waals surface area contributed by atoms with Crippen molar-refractivity contribution in [2.45, 2.75) is 59.8 Å². The first-order chi connectivity index (χ1) is 14.9. The Labute approximate surface area is 188 Å². The lowest BCUT2D eigenvalue weighted by Gasteiger charge is -2.32. The summed E-state index contributed by atoms with van der Waals surface area (Å²) in [5.74, 6) is 0.653. The zero-order chi connectivity index (χ0) is 22.4. The van der Waals surface area contributed by atoms with E-state index >= 15 is 0 Å². The standard InChI is InChI=1S/C28H38N2O/c1-6-23(27-12-7-9-21(4)22(27)5)13-16-30-17-14-24(15-18-30)25-10-8-11-26(19-25)29-28(31)20(2)3/h6-12,19-20,24H,13-18H2,1-5H3,(H,29,31)/b23-6-. The van der Waals surface area contributed by atoms with Gasteiger partial charge in [-0.1, -0.05) is 50.3 Å². The minimum atomic E-state index is -0.00227.